The number of rotatable bonds is 7. The first-order chi connectivity index (χ1) is 29.7. The molecule has 0 saturated carbocycles. The van der Waals surface area contributed by atoms with Crippen molar-refractivity contribution in [1.82, 2.24) is 24.9 Å². The molecule has 0 amide bonds. The van der Waals surface area contributed by atoms with Gasteiger partial charge >= 0.3 is 0 Å². The van der Waals surface area contributed by atoms with Gasteiger partial charge in [-0.2, -0.15) is 0 Å². The highest BCUT2D eigenvalue weighted by Crippen LogP contribution is 2.37. The minimum atomic E-state index is 0.606. The molecule has 8 aromatic carbocycles. The van der Waals surface area contributed by atoms with E-state index in [4.69, 9.17) is 19.9 Å². The van der Waals surface area contributed by atoms with Crippen molar-refractivity contribution in [2.24, 2.45) is 0 Å². The summed E-state index contributed by atoms with van der Waals surface area (Å²) < 4.78 is 0. The van der Waals surface area contributed by atoms with E-state index in [9.17, 15) is 0 Å². The molecule has 0 unspecified atom stereocenters. The molecule has 0 radical (unpaired) electrons. The number of nitrogens with zero attached hydrogens (tertiary/aromatic N) is 5. The van der Waals surface area contributed by atoms with Crippen LogP contribution < -0.4 is 0 Å². The average molecular weight is 766 g/mol. The fraction of sp³-hybridized carbons (Fsp3) is 0. The van der Waals surface area contributed by atoms with Crippen molar-refractivity contribution in [1.29, 1.82) is 0 Å². The minimum absolute atomic E-state index is 0.606. The minimum Gasteiger partial charge on any atom is -0.264 e. The first-order valence-electron chi connectivity index (χ1n) is 20.1. The van der Waals surface area contributed by atoms with Gasteiger partial charge in [-0.25, -0.2) is 19.9 Å². The molecule has 5 nitrogen and oxygen atoms in total. The monoisotopic (exact) mass is 765 g/mol. The van der Waals surface area contributed by atoms with E-state index in [2.05, 4.69) is 138 Å². The van der Waals surface area contributed by atoms with Gasteiger partial charge in [-0.05, 0) is 79.9 Å². The lowest BCUT2D eigenvalue weighted by Crippen LogP contribution is -2.00. The zero-order valence-electron chi connectivity index (χ0n) is 32.4. The Balaban J connectivity index is 1.06. The fourth-order valence-electron chi connectivity index (χ4n) is 8.19. The second kappa shape index (κ2) is 15.0. The molecule has 0 aliphatic carbocycles. The molecule has 0 saturated heterocycles. The third-order valence-corrected chi connectivity index (χ3v) is 11.2. The lowest BCUT2D eigenvalue weighted by atomic mass is 9.93. The van der Waals surface area contributed by atoms with Crippen LogP contribution in [0.15, 0.2) is 213 Å². The maximum atomic E-state index is 5.13. The maximum absolute atomic E-state index is 5.13. The number of fused-ring (bicyclic) bond motifs is 4. The average Bonchev–Trinajstić information content (AvgIpc) is 3.34. The number of hydrogen-bond donors (Lipinski definition) is 0. The Kier molecular flexibility index (Phi) is 8.75. The number of aromatic nitrogens is 5. The van der Waals surface area contributed by atoms with Gasteiger partial charge in [0.15, 0.2) is 17.5 Å². The second-order valence-electron chi connectivity index (χ2n) is 14.9. The quantitative estimate of drug-likeness (QED) is 0.151. The summed E-state index contributed by atoms with van der Waals surface area (Å²) in [5, 5.41) is 5.75. The Morgan fingerprint density at radius 1 is 0.283 bits per heavy atom. The molecule has 3 heterocycles. The van der Waals surface area contributed by atoms with Crippen LogP contribution in [0.25, 0.3) is 111 Å². The van der Waals surface area contributed by atoms with Crippen molar-refractivity contribution in [3.63, 3.8) is 0 Å². The van der Waals surface area contributed by atoms with Gasteiger partial charge in [0.25, 0.3) is 0 Å². The number of pyridine rings is 2. The molecule has 0 N–H and O–H groups in total. The Morgan fingerprint density at radius 2 is 0.800 bits per heavy atom. The van der Waals surface area contributed by atoms with Gasteiger partial charge in [0.2, 0.25) is 0 Å². The molecule has 0 aliphatic rings. The standard InChI is InChI=1S/C55H35N5/c1-3-13-41(14-4-1)53-58-54(42-15-5-2-6-16-42)60-55(59-53)45-33-43(36-22-26-39(27-23-36)47-20-11-17-38-12-7-8-18-46(38)47)32-44(34-45)37-24-28-40(29-25-37)52-50-35-56-31-30-48(50)49-19-9-10-21-51(49)57-52/h1-35H. The first kappa shape index (κ1) is 35.0. The van der Waals surface area contributed by atoms with E-state index < -0.39 is 0 Å². The largest absolute Gasteiger partial charge is 0.264 e. The van der Waals surface area contributed by atoms with Crippen LogP contribution in [0.1, 0.15) is 0 Å². The number of para-hydroxylation sites is 1. The Bertz CT molecular complexity index is 3280. The van der Waals surface area contributed by atoms with Crippen LogP contribution in [0.4, 0.5) is 0 Å². The van der Waals surface area contributed by atoms with Crippen molar-refractivity contribution >= 4 is 32.4 Å². The van der Waals surface area contributed by atoms with Crippen LogP contribution >= 0.6 is 0 Å². The van der Waals surface area contributed by atoms with Crippen molar-refractivity contribution < 1.29 is 0 Å². The topological polar surface area (TPSA) is 64.5 Å². The number of hydrogen-bond acceptors (Lipinski definition) is 5. The highest BCUT2D eigenvalue weighted by molar-refractivity contribution is 6.10. The lowest BCUT2D eigenvalue weighted by molar-refractivity contribution is 1.07. The molecule has 0 aliphatic heterocycles. The highest BCUT2D eigenvalue weighted by atomic mass is 15.0. The molecule has 0 fully saturated rings. The molecule has 0 spiro atoms. The molecule has 60 heavy (non-hydrogen) atoms. The van der Waals surface area contributed by atoms with Crippen LogP contribution in [0, 0.1) is 0 Å². The highest BCUT2D eigenvalue weighted by Gasteiger charge is 2.16. The van der Waals surface area contributed by atoms with Gasteiger partial charge < -0.3 is 0 Å². The summed E-state index contributed by atoms with van der Waals surface area (Å²) in [6.07, 6.45) is 3.77. The van der Waals surface area contributed by atoms with Gasteiger partial charge in [0.1, 0.15) is 0 Å². The van der Waals surface area contributed by atoms with Gasteiger partial charge in [0, 0.05) is 45.4 Å². The van der Waals surface area contributed by atoms with E-state index in [1.54, 1.807) is 0 Å². The van der Waals surface area contributed by atoms with Gasteiger partial charge in [-0.3, -0.25) is 4.98 Å². The van der Waals surface area contributed by atoms with Crippen LogP contribution in [-0.2, 0) is 0 Å². The molecule has 3 aromatic heterocycles. The van der Waals surface area contributed by atoms with Crippen LogP contribution in [-0.4, -0.2) is 24.9 Å². The molecule has 5 heteroatoms. The van der Waals surface area contributed by atoms with Gasteiger partial charge in [-0.15, -0.1) is 0 Å². The Labute approximate surface area is 347 Å². The van der Waals surface area contributed by atoms with E-state index >= 15 is 0 Å². The van der Waals surface area contributed by atoms with E-state index in [1.165, 1.54) is 21.9 Å². The van der Waals surface area contributed by atoms with Crippen molar-refractivity contribution in [3.8, 4) is 78.8 Å². The van der Waals surface area contributed by atoms with Crippen LogP contribution in [0.2, 0.25) is 0 Å². The van der Waals surface area contributed by atoms with E-state index in [0.29, 0.717) is 17.5 Å². The van der Waals surface area contributed by atoms with Crippen LogP contribution in [0.3, 0.4) is 0 Å². The van der Waals surface area contributed by atoms with Crippen molar-refractivity contribution in [2.75, 3.05) is 0 Å². The lowest BCUT2D eigenvalue weighted by Gasteiger charge is -2.14. The first-order valence-corrected chi connectivity index (χ1v) is 20.1. The van der Waals surface area contributed by atoms with Crippen molar-refractivity contribution in [3.05, 3.63) is 213 Å². The molecule has 11 rings (SSSR count). The third-order valence-electron chi connectivity index (χ3n) is 11.2. The molecule has 0 bridgehead atoms. The van der Waals surface area contributed by atoms with E-state index in [0.717, 1.165) is 71.9 Å². The van der Waals surface area contributed by atoms with Gasteiger partial charge in [0.05, 0.1) is 11.2 Å². The SMILES string of the molecule is c1ccc(-c2nc(-c3ccccc3)nc(-c3cc(-c4ccc(-c5cccc6ccccc56)cc4)cc(-c4ccc(-c5nc6ccccc6c6ccncc56)cc4)c3)n2)cc1. The molecule has 11 aromatic rings. The third kappa shape index (κ3) is 6.54. The molecule has 0 atom stereocenters. The zero-order valence-corrected chi connectivity index (χ0v) is 32.4. The Hall–Kier alpha value is -8.15. The maximum Gasteiger partial charge on any atom is 0.164 e. The number of benzene rings is 8. The summed E-state index contributed by atoms with van der Waals surface area (Å²) in [4.78, 5) is 24.8. The van der Waals surface area contributed by atoms with Crippen molar-refractivity contribution in [2.45, 2.75) is 0 Å². The fourth-order valence-corrected chi connectivity index (χ4v) is 8.19. The van der Waals surface area contributed by atoms with Crippen LogP contribution in [0.5, 0.6) is 0 Å². The summed E-state index contributed by atoms with van der Waals surface area (Å²) in [6.45, 7) is 0. The zero-order chi connectivity index (χ0) is 39.8. The summed E-state index contributed by atoms with van der Waals surface area (Å²) in [5.74, 6) is 1.86. The normalized spacial score (nSPS) is 11.3. The summed E-state index contributed by atoms with van der Waals surface area (Å²) in [7, 11) is 0. The molecular formula is C55H35N5. The Morgan fingerprint density at radius 3 is 1.47 bits per heavy atom. The van der Waals surface area contributed by atoms with E-state index in [-0.39, 0.29) is 0 Å². The predicted molar refractivity (Wildman–Crippen MR) is 246 cm³/mol. The summed E-state index contributed by atoms with van der Waals surface area (Å²) in [5.41, 5.74) is 12.3. The summed E-state index contributed by atoms with van der Waals surface area (Å²) in [6, 6.07) is 69.8. The van der Waals surface area contributed by atoms with E-state index in [1.807, 2.05) is 79.1 Å². The van der Waals surface area contributed by atoms with Gasteiger partial charge in [-0.1, -0.05) is 170 Å². The smallest absolute Gasteiger partial charge is 0.164 e. The predicted octanol–water partition coefficient (Wildman–Crippen LogP) is 13.8. The second-order valence-corrected chi connectivity index (χ2v) is 14.9. The molecular weight excluding hydrogens is 731 g/mol. The summed E-state index contributed by atoms with van der Waals surface area (Å²) >= 11 is 0. The molecule has 280 valence electrons.